The van der Waals surface area contributed by atoms with Crippen LogP contribution in [0.15, 0.2) is 104 Å². The zero-order valence-corrected chi connectivity index (χ0v) is 19.4. The monoisotopic (exact) mass is 475 g/mol. The molecule has 0 unspecified atom stereocenters. The van der Waals surface area contributed by atoms with E-state index in [1.807, 2.05) is 42.5 Å². The van der Waals surface area contributed by atoms with Crippen LogP contribution in [0.2, 0.25) is 0 Å². The Kier molecular flexibility index (Phi) is 12.1. The molecule has 0 saturated heterocycles. The summed E-state index contributed by atoms with van der Waals surface area (Å²) in [6.45, 7) is 8.59. The van der Waals surface area contributed by atoms with Crippen molar-refractivity contribution in [2.45, 2.75) is 6.92 Å². The van der Waals surface area contributed by atoms with E-state index in [4.69, 9.17) is 0 Å². The average molecular weight is 475 g/mol. The summed E-state index contributed by atoms with van der Waals surface area (Å²) in [7, 11) is 1.33. The fourth-order valence-electron chi connectivity index (χ4n) is 2.30. The first-order valence-electron chi connectivity index (χ1n) is 10.2. The molecular formula is C27H25NO7. The van der Waals surface area contributed by atoms with Crippen LogP contribution in [0.25, 0.3) is 6.08 Å². The van der Waals surface area contributed by atoms with Gasteiger partial charge in [0.05, 0.1) is 12.8 Å². The van der Waals surface area contributed by atoms with Crippen LogP contribution < -0.4 is 4.90 Å². The standard InChI is InChI=1S/C10H7NO2.C8H8.C5H8O2.C4H2O3/c12-9-6-7-10(13)11(9)8-4-2-1-3-5-8;1-2-8-6-4-3-5-7-8;1-4(2)5(6)7-3;5-3-1-2-4(6)7-3/h1-7H;2-7H,1H2;1H2,2-3H3;1-2H. The molecule has 8 nitrogen and oxygen atoms in total. The number of imide groups is 1. The lowest BCUT2D eigenvalue weighted by atomic mass is 10.2. The Balaban J connectivity index is 0.000000244. The second kappa shape index (κ2) is 15.1. The van der Waals surface area contributed by atoms with Crippen LogP contribution in [-0.4, -0.2) is 36.8 Å². The minimum Gasteiger partial charge on any atom is -0.466 e. The normalized spacial score (nSPS) is 12.8. The summed E-state index contributed by atoms with van der Waals surface area (Å²) in [4.78, 5) is 53.6. The minimum absolute atomic E-state index is 0.281. The van der Waals surface area contributed by atoms with Crippen LogP contribution in [-0.2, 0) is 33.4 Å². The molecular weight excluding hydrogens is 450 g/mol. The zero-order valence-electron chi connectivity index (χ0n) is 19.4. The van der Waals surface area contributed by atoms with Gasteiger partial charge in [-0.05, 0) is 24.6 Å². The van der Waals surface area contributed by atoms with Gasteiger partial charge in [0.15, 0.2) is 0 Å². The van der Waals surface area contributed by atoms with Crippen molar-refractivity contribution in [3.63, 3.8) is 0 Å². The number of amides is 2. The zero-order chi connectivity index (χ0) is 26.2. The van der Waals surface area contributed by atoms with E-state index < -0.39 is 11.9 Å². The van der Waals surface area contributed by atoms with Gasteiger partial charge in [-0.15, -0.1) is 0 Å². The van der Waals surface area contributed by atoms with Gasteiger partial charge in [-0.2, -0.15) is 0 Å². The summed E-state index contributed by atoms with van der Waals surface area (Å²) < 4.78 is 8.25. The molecule has 8 heteroatoms. The van der Waals surface area contributed by atoms with Crippen molar-refractivity contribution < 1.29 is 33.4 Å². The van der Waals surface area contributed by atoms with Crippen molar-refractivity contribution in [1.82, 2.24) is 0 Å². The predicted molar refractivity (Wildman–Crippen MR) is 132 cm³/mol. The summed E-state index contributed by atoms with van der Waals surface area (Å²) in [5.74, 6) is -2.07. The second-order valence-electron chi connectivity index (χ2n) is 6.64. The fraction of sp³-hybridized carbons (Fsp3) is 0.0741. The summed E-state index contributed by atoms with van der Waals surface area (Å²) in [6.07, 6.45) is 6.55. The van der Waals surface area contributed by atoms with Crippen LogP contribution in [0, 0.1) is 0 Å². The highest BCUT2D eigenvalue weighted by atomic mass is 16.6. The van der Waals surface area contributed by atoms with Crippen molar-refractivity contribution >= 4 is 41.5 Å². The summed E-state index contributed by atoms with van der Waals surface area (Å²) in [6, 6.07) is 18.9. The number of esters is 3. The molecule has 0 fully saturated rings. The maximum atomic E-state index is 11.2. The molecule has 0 aliphatic carbocycles. The number of anilines is 1. The highest BCUT2D eigenvalue weighted by Gasteiger charge is 2.24. The number of benzene rings is 2. The Hall–Kier alpha value is -4.85. The Morgan fingerprint density at radius 1 is 0.829 bits per heavy atom. The quantitative estimate of drug-likeness (QED) is 0.288. The van der Waals surface area contributed by atoms with Crippen molar-refractivity contribution in [2.75, 3.05) is 12.0 Å². The third kappa shape index (κ3) is 10.5. The van der Waals surface area contributed by atoms with E-state index in [0.29, 0.717) is 11.3 Å². The van der Waals surface area contributed by atoms with Crippen LogP contribution in [0.5, 0.6) is 0 Å². The molecule has 2 aliphatic heterocycles. The third-order valence-electron chi connectivity index (χ3n) is 3.95. The fourth-order valence-corrected chi connectivity index (χ4v) is 2.30. The van der Waals surface area contributed by atoms with Gasteiger partial charge in [0.1, 0.15) is 0 Å². The molecule has 0 N–H and O–H groups in total. The van der Waals surface area contributed by atoms with Crippen LogP contribution in [0.1, 0.15) is 12.5 Å². The summed E-state index contributed by atoms with van der Waals surface area (Å²) >= 11 is 0. The van der Waals surface area contributed by atoms with Crippen molar-refractivity contribution in [1.29, 1.82) is 0 Å². The second-order valence-corrected chi connectivity index (χ2v) is 6.64. The molecule has 0 spiro atoms. The van der Waals surface area contributed by atoms with E-state index in [1.54, 1.807) is 31.2 Å². The van der Waals surface area contributed by atoms with Gasteiger partial charge >= 0.3 is 17.9 Å². The van der Waals surface area contributed by atoms with Gasteiger partial charge in [0.25, 0.3) is 11.8 Å². The molecule has 0 atom stereocenters. The topological polar surface area (TPSA) is 107 Å². The molecule has 180 valence electrons. The Bertz CT molecular complexity index is 1100. The third-order valence-corrected chi connectivity index (χ3v) is 3.95. The number of para-hydroxylation sites is 1. The van der Waals surface area contributed by atoms with Crippen molar-refractivity contribution in [3.8, 4) is 0 Å². The lowest BCUT2D eigenvalue weighted by Crippen LogP contribution is -2.29. The van der Waals surface area contributed by atoms with Crippen molar-refractivity contribution in [2.24, 2.45) is 0 Å². The van der Waals surface area contributed by atoms with Gasteiger partial charge in [-0.3, -0.25) is 9.59 Å². The van der Waals surface area contributed by atoms with Gasteiger partial charge in [0.2, 0.25) is 0 Å². The first-order valence-corrected chi connectivity index (χ1v) is 10.2. The molecule has 0 radical (unpaired) electrons. The van der Waals surface area contributed by atoms with Gasteiger partial charge in [-0.25, -0.2) is 19.3 Å². The first kappa shape index (κ1) is 28.2. The van der Waals surface area contributed by atoms with Gasteiger partial charge < -0.3 is 9.47 Å². The molecule has 2 amide bonds. The molecule has 35 heavy (non-hydrogen) atoms. The van der Waals surface area contributed by atoms with Crippen LogP contribution >= 0.6 is 0 Å². The van der Waals surface area contributed by atoms with Crippen LogP contribution in [0.4, 0.5) is 5.69 Å². The Labute approximate surface area is 203 Å². The summed E-state index contributed by atoms with van der Waals surface area (Å²) in [5, 5.41) is 0. The van der Waals surface area contributed by atoms with E-state index in [-0.39, 0.29) is 17.8 Å². The Morgan fingerprint density at radius 2 is 1.29 bits per heavy atom. The summed E-state index contributed by atoms with van der Waals surface area (Å²) in [5.41, 5.74) is 2.22. The van der Waals surface area contributed by atoms with Gasteiger partial charge in [-0.1, -0.05) is 67.8 Å². The first-order chi connectivity index (χ1) is 16.7. The predicted octanol–water partition coefficient (Wildman–Crippen LogP) is 3.81. The van der Waals surface area contributed by atoms with Crippen LogP contribution in [0.3, 0.4) is 0 Å². The number of nitrogens with zero attached hydrogens (tertiary/aromatic N) is 1. The van der Waals surface area contributed by atoms with E-state index in [2.05, 4.69) is 22.6 Å². The number of hydrogen-bond acceptors (Lipinski definition) is 7. The van der Waals surface area contributed by atoms with E-state index in [0.717, 1.165) is 17.1 Å². The number of carbonyl (C=O) groups excluding carboxylic acids is 5. The highest BCUT2D eigenvalue weighted by molar-refractivity contribution is 6.28. The number of cyclic esters (lactones) is 2. The molecule has 2 aromatic carbocycles. The largest absolute Gasteiger partial charge is 0.466 e. The van der Waals surface area contributed by atoms with Gasteiger partial charge in [0, 0.05) is 29.9 Å². The lowest BCUT2D eigenvalue weighted by molar-refractivity contribution is -0.150. The average Bonchev–Trinajstić information content (AvgIpc) is 3.43. The van der Waals surface area contributed by atoms with E-state index >= 15 is 0 Å². The molecule has 0 bridgehead atoms. The molecule has 2 aliphatic rings. The number of ether oxygens (including phenoxy) is 2. The number of methoxy groups -OCH3 is 1. The lowest BCUT2D eigenvalue weighted by Gasteiger charge is -2.12. The smallest absolute Gasteiger partial charge is 0.338 e. The minimum atomic E-state index is -0.579. The van der Waals surface area contributed by atoms with E-state index in [1.165, 1.54) is 24.8 Å². The van der Waals surface area contributed by atoms with E-state index in [9.17, 15) is 24.0 Å². The SMILES string of the molecule is C=C(C)C(=O)OC.C=Cc1ccccc1.O=C1C=CC(=O)N1c1ccccc1.O=C1C=CC(=O)O1. The highest BCUT2D eigenvalue weighted by Crippen LogP contribution is 2.17. The number of carbonyl (C=O) groups is 5. The van der Waals surface area contributed by atoms with Crippen molar-refractivity contribution in [3.05, 3.63) is 109 Å². The number of rotatable bonds is 3. The molecule has 2 aromatic rings. The number of hydrogen-bond donors (Lipinski definition) is 0. The molecule has 0 saturated carbocycles. The molecule has 0 aromatic heterocycles. The molecule has 4 rings (SSSR count). The maximum Gasteiger partial charge on any atom is 0.338 e. The maximum absolute atomic E-state index is 11.2. The molecule has 2 heterocycles. The Morgan fingerprint density at radius 3 is 1.57 bits per heavy atom.